The third kappa shape index (κ3) is 3.81. The molecular formula is C20H32N2O2. The predicted octanol–water partition coefficient (Wildman–Crippen LogP) is 3.14. The van der Waals surface area contributed by atoms with E-state index < -0.39 is 6.09 Å². The van der Waals surface area contributed by atoms with Gasteiger partial charge in [-0.2, -0.15) is 0 Å². The maximum atomic E-state index is 12.1. The number of benzene rings is 1. The third-order valence-corrected chi connectivity index (χ3v) is 5.56. The number of quaternary nitrogens is 1. The summed E-state index contributed by atoms with van der Waals surface area (Å²) >= 11 is 0. The average Bonchev–Trinajstić information content (AvgIpc) is 2.53. The summed E-state index contributed by atoms with van der Waals surface area (Å²) in [4.78, 5) is 14.3. The molecule has 4 heteroatoms. The highest BCUT2D eigenvalue weighted by molar-refractivity contribution is 5.79. The van der Waals surface area contributed by atoms with Gasteiger partial charge in [0.15, 0.2) is 0 Å². The normalized spacial score (nSPS) is 19.2. The first kappa shape index (κ1) is 18.9. The van der Waals surface area contributed by atoms with E-state index in [0.717, 1.165) is 37.9 Å². The Balaban J connectivity index is 2.41. The van der Waals surface area contributed by atoms with Gasteiger partial charge >= 0.3 is 0 Å². The molecule has 0 N–H and O–H groups in total. The molecule has 1 amide bonds. The van der Waals surface area contributed by atoms with Gasteiger partial charge in [0.1, 0.15) is 5.69 Å². The minimum absolute atomic E-state index is 0.0389. The maximum Gasteiger partial charge on any atom is 0.262 e. The number of rotatable bonds is 5. The molecule has 4 nitrogen and oxygen atoms in total. The van der Waals surface area contributed by atoms with Gasteiger partial charge in [0, 0.05) is 30.9 Å². The van der Waals surface area contributed by atoms with Crippen molar-refractivity contribution in [2.45, 2.75) is 57.4 Å². The molecular weight excluding hydrogens is 300 g/mol. The van der Waals surface area contributed by atoms with Crippen molar-refractivity contribution < 1.29 is 9.90 Å². The van der Waals surface area contributed by atoms with Crippen molar-refractivity contribution in [3.63, 3.8) is 0 Å². The number of carbonyl (C=O) groups excluding carboxylic acids is 1. The van der Waals surface area contributed by atoms with Crippen molar-refractivity contribution >= 4 is 11.8 Å². The van der Waals surface area contributed by atoms with Crippen LogP contribution in [0.15, 0.2) is 24.3 Å². The summed E-state index contributed by atoms with van der Waals surface area (Å²) in [5.74, 6) is 0. The second kappa shape index (κ2) is 7.24. The van der Waals surface area contributed by atoms with E-state index in [4.69, 9.17) is 0 Å². The standard InChI is InChI=1S/C20H32N2O2/c1-20(2,15-21(3)4)16-10-9-13-18(14-16)22(5,19(23)24)17-11-7-6-8-12-17/h9-10,13-14,17H,6-8,11-12,15H2,1-5H3. The zero-order valence-corrected chi connectivity index (χ0v) is 15.8. The fourth-order valence-corrected chi connectivity index (χ4v) is 4.16. The lowest BCUT2D eigenvalue weighted by molar-refractivity contribution is -0.265. The van der Waals surface area contributed by atoms with Crippen molar-refractivity contribution in [3.8, 4) is 0 Å². The molecule has 1 aliphatic carbocycles. The highest BCUT2D eigenvalue weighted by atomic mass is 16.4. The lowest BCUT2D eigenvalue weighted by Gasteiger charge is -2.42. The number of likely N-dealkylation sites (N-methyl/N-ethyl adjacent to an activating group) is 1. The van der Waals surface area contributed by atoms with Gasteiger partial charge in [-0.3, -0.25) is 0 Å². The quantitative estimate of drug-likeness (QED) is 0.778. The van der Waals surface area contributed by atoms with Crippen LogP contribution < -0.4 is 9.59 Å². The van der Waals surface area contributed by atoms with Gasteiger partial charge in [-0.05, 0) is 38.6 Å². The van der Waals surface area contributed by atoms with Gasteiger partial charge in [0.05, 0.1) is 13.1 Å². The molecule has 2 rings (SSSR count). The van der Waals surface area contributed by atoms with Gasteiger partial charge in [-0.25, -0.2) is 4.48 Å². The van der Waals surface area contributed by atoms with Crippen LogP contribution in [0.2, 0.25) is 0 Å². The first-order chi connectivity index (χ1) is 11.2. The summed E-state index contributed by atoms with van der Waals surface area (Å²) in [5.41, 5.74) is 1.98. The minimum Gasteiger partial charge on any atom is -0.498 e. The van der Waals surface area contributed by atoms with Crippen LogP contribution in [0, 0.1) is 0 Å². The van der Waals surface area contributed by atoms with E-state index >= 15 is 0 Å². The van der Waals surface area contributed by atoms with Crippen LogP contribution in [0.25, 0.3) is 0 Å². The number of carboxylic acid groups (broad SMARTS) is 1. The van der Waals surface area contributed by atoms with Crippen molar-refractivity contribution in [2.75, 3.05) is 27.7 Å². The molecule has 0 heterocycles. The summed E-state index contributed by atoms with van der Waals surface area (Å²) in [6.45, 7) is 5.32. The number of hydrogen-bond acceptors (Lipinski definition) is 3. The molecule has 0 saturated heterocycles. The Hall–Kier alpha value is -1.39. The smallest absolute Gasteiger partial charge is 0.262 e. The summed E-state index contributed by atoms with van der Waals surface area (Å²) in [7, 11) is 5.94. The molecule has 1 aromatic carbocycles. The lowest BCUT2D eigenvalue weighted by atomic mass is 9.83. The Labute approximate surface area is 146 Å². The molecule has 1 aromatic rings. The number of amides is 1. The second-order valence-corrected chi connectivity index (χ2v) is 8.31. The van der Waals surface area contributed by atoms with Gasteiger partial charge in [0.2, 0.25) is 0 Å². The Morgan fingerprint density at radius 1 is 1.25 bits per heavy atom. The zero-order valence-electron chi connectivity index (χ0n) is 15.8. The molecule has 0 radical (unpaired) electrons. The van der Waals surface area contributed by atoms with E-state index in [1.165, 1.54) is 12.0 Å². The van der Waals surface area contributed by atoms with Gasteiger partial charge in [-0.1, -0.05) is 32.4 Å². The highest BCUT2D eigenvalue weighted by Gasteiger charge is 2.39. The maximum absolute atomic E-state index is 12.1. The van der Waals surface area contributed by atoms with Crippen LogP contribution in [0.5, 0.6) is 0 Å². The number of nitrogens with zero attached hydrogens (tertiary/aromatic N) is 2. The molecule has 1 atom stereocenters. The molecule has 0 aliphatic heterocycles. The number of hydrogen-bond donors (Lipinski definition) is 0. The van der Waals surface area contributed by atoms with Crippen molar-refractivity contribution in [1.82, 2.24) is 9.38 Å². The average molecular weight is 332 g/mol. The molecule has 1 fully saturated rings. The Kier molecular flexibility index (Phi) is 5.71. The topological polar surface area (TPSA) is 43.4 Å². The molecule has 1 saturated carbocycles. The fraction of sp³-hybridized carbons (Fsp3) is 0.650. The van der Waals surface area contributed by atoms with Crippen LogP contribution in [0.3, 0.4) is 0 Å². The second-order valence-electron chi connectivity index (χ2n) is 8.31. The van der Waals surface area contributed by atoms with E-state index in [-0.39, 0.29) is 15.9 Å². The van der Waals surface area contributed by atoms with E-state index in [2.05, 4.69) is 45.0 Å². The highest BCUT2D eigenvalue weighted by Crippen LogP contribution is 2.35. The Morgan fingerprint density at radius 2 is 1.88 bits per heavy atom. The van der Waals surface area contributed by atoms with Gasteiger partial charge in [0.25, 0.3) is 6.09 Å². The van der Waals surface area contributed by atoms with Crippen LogP contribution in [-0.2, 0) is 5.41 Å². The largest absolute Gasteiger partial charge is 0.498 e. The summed E-state index contributed by atoms with van der Waals surface area (Å²) in [6.07, 6.45) is 4.34. The minimum atomic E-state index is -0.996. The van der Waals surface area contributed by atoms with E-state index in [0.29, 0.717) is 0 Å². The molecule has 1 unspecified atom stereocenters. The molecule has 134 valence electrons. The van der Waals surface area contributed by atoms with E-state index in [9.17, 15) is 9.90 Å². The first-order valence-corrected chi connectivity index (χ1v) is 9.01. The van der Waals surface area contributed by atoms with Crippen molar-refractivity contribution in [3.05, 3.63) is 29.8 Å². The number of carbonyl (C=O) groups is 1. The third-order valence-electron chi connectivity index (χ3n) is 5.56. The molecule has 0 spiro atoms. The monoisotopic (exact) mass is 332 g/mol. The van der Waals surface area contributed by atoms with Gasteiger partial charge in [-0.15, -0.1) is 0 Å². The SMILES string of the molecule is CN(C)CC(C)(C)c1cccc([N+](C)(C(=O)[O-])C2CCCCC2)c1. The van der Waals surface area contributed by atoms with Crippen LogP contribution in [0.4, 0.5) is 10.5 Å². The summed E-state index contributed by atoms with van der Waals surface area (Å²) in [6, 6.07) is 8.22. The van der Waals surface area contributed by atoms with Crippen LogP contribution in [-0.4, -0.2) is 44.7 Å². The predicted molar refractivity (Wildman–Crippen MR) is 98.0 cm³/mol. The van der Waals surface area contributed by atoms with Crippen molar-refractivity contribution in [1.29, 1.82) is 0 Å². The molecule has 24 heavy (non-hydrogen) atoms. The zero-order chi connectivity index (χ0) is 18.0. The van der Waals surface area contributed by atoms with Crippen LogP contribution in [0.1, 0.15) is 51.5 Å². The summed E-state index contributed by atoms with van der Waals surface area (Å²) in [5, 5.41) is 12.1. The molecule has 1 aliphatic rings. The van der Waals surface area contributed by atoms with Crippen molar-refractivity contribution in [2.24, 2.45) is 0 Å². The fourth-order valence-electron chi connectivity index (χ4n) is 4.16. The Bertz CT molecular complexity index is 577. The lowest BCUT2D eigenvalue weighted by Crippen LogP contribution is -2.63. The van der Waals surface area contributed by atoms with Crippen LogP contribution >= 0.6 is 0 Å². The van der Waals surface area contributed by atoms with Gasteiger partial charge < -0.3 is 14.8 Å². The molecule has 0 bridgehead atoms. The first-order valence-electron chi connectivity index (χ1n) is 9.01. The van der Waals surface area contributed by atoms with E-state index in [1.807, 2.05) is 19.2 Å². The van der Waals surface area contributed by atoms with E-state index in [1.54, 1.807) is 0 Å². The summed E-state index contributed by atoms with van der Waals surface area (Å²) < 4.78 is -0.105. The molecule has 0 aromatic heterocycles. The Morgan fingerprint density at radius 3 is 2.42 bits per heavy atom.